The third kappa shape index (κ3) is 4.61. The molecule has 1 aromatic carbocycles. The van der Waals surface area contributed by atoms with Gasteiger partial charge in [0.1, 0.15) is 5.60 Å². The fourth-order valence-corrected chi connectivity index (χ4v) is 2.59. The van der Waals surface area contributed by atoms with E-state index in [1.54, 1.807) is 17.0 Å². The van der Waals surface area contributed by atoms with Gasteiger partial charge < -0.3 is 14.7 Å². The van der Waals surface area contributed by atoms with Crippen LogP contribution in [0.15, 0.2) is 24.3 Å². The van der Waals surface area contributed by atoms with Gasteiger partial charge >= 0.3 is 6.09 Å². The van der Waals surface area contributed by atoms with Gasteiger partial charge in [0.2, 0.25) is 0 Å². The zero-order valence-corrected chi connectivity index (χ0v) is 13.5. The first-order chi connectivity index (χ1) is 9.67. The predicted molar refractivity (Wildman–Crippen MR) is 82.5 cm³/mol. The first kappa shape index (κ1) is 16.1. The van der Waals surface area contributed by atoms with Gasteiger partial charge in [-0.25, -0.2) is 4.79 Å². The lowest BCUT2D eigenvalue weighted by Gasteiger charge is -2.26. The SMILES string of the molecule is CC(C)(C)OC(=O)N1CCC(O)(Cc2ccc(Cl)cc2)C1. The maximum atomic E-state index is 12.0. The second-order valence-corrected chi connectivity index (χ2v) is 7.12. The first-order valence-corrected chi connectivity index (χ1v) is 7.49. The highest BCUT2D eigenvalue weighted by atomic mass is 35.5. The van der Waals surface area contributed by atoms with Crippen LogP contribution in [0.3, 0.4) is 0 Å². The number of likely N-dealkylation sites (tertiary alicyclic amines) is 1. The van der Waals surface area contributed by atoms with Gasteiger partial charge in [-0.05, 0) is 44.9 Å². The molecule has 0 spiro atoms. The summed E-state index contributed by atoms with van der Waals surface area (Å²) in [5.74, 6) is 0. The molecule has 116 valence electrons. The van der Waals surface area contributed by atoms with E-state index in [1.807, 2.05) is 32.9 Å². The Bertz CT molecular complexity index is 509. The minimum atomic E-state index is -0.898. The van der Waals surface area contributed by atoms with E-state index in [1.165, 1.54) is 0 Å². The standard InChI is InChI=1S/C16H22ClNO3/c1-15(2,3)21-14(19)18-9-8-16(20,11-18)10-12-4-6-13(17)7-5-12/h4-7,20H,8-11H2,1-3H3. The number of ether oxygens (including phenoxy) is 1. The number of β-amino-alcohol motifs (C(OH)–C–C–N with tert-alkyl or cyclic N) is 1. The molecule has 0 radical (unpaired) electrons. The Balaban J connectivity index is 1.96. The highest BCUT2D eigenvalue weighted by Gasteiger charge is 2.39. The van der Waals surface area contributed by atoms with Crippen molar-refractivity contribution in [3.63, 3.8) is 0 Å². The first-order valence-electron chi connectivity index (χ1n) is 7.12. The van der Waals surface area contributed by atoms with Crippen LogP contribution in [0.1, 0.15) is 32.8 Å². The lowest BCUT2D eigenvalue weighted by atomic mass is 9.94. The topological polar surface area (TPSA) is 49.8 Å². The molecule has 0 saturated carbocycles. The normalized spacial score (nSPS) is 22.4. The third-order valence-electron chi connectivity index (χ3n) is 3.43. The summed E-state index contributed by atoms with van der Waals surface area (Å²) in [6, 6.07) is 7.41. The summed E-state index contributed by atoms with van der Waals surface area (Å²) in [7, 11) is 0. The predicted octanol–water partition coefficient (Wildman–Crippen LogP) is 3.25. The molecule has 1 amide bonds. The largest absolute Gasteiger partial charge is 0.444 e. The summed E-state index contributed by atoms with van der Waals surface area (Å²) in [6.07, 6.45) is 0.688. The Hall–Kier alpha value is -1.26. The molecule has 5 heteroatoms. The van der Waals surface area contributed by atoms with Crippen molar-refractivity contribution in [3.8, 4) is 0 Å². The number of benzene rings is 1. The molecular formula is C16H22ClNO3. The fraction of sp³-hybridized carbons (Fsp3) is 0.562. The summed E-state index contributed by atoms with van der Waals surface area (Å²) in [6.45, 7) is 6.31. The monoisotopic (exact) mass is 311 g/mol. The molecule has 1 heterocycles. The maximum Gasteiger partial charge on any atom is 0.410 e. The number of hydrogen-bond donors (Lipinski definition) is 1. The minimum Gasteiger partial charge on any atom is -0.444 e. The van der Waals surface area contributed by atoms with Gasteiger partial charge in [-0.1, -0.05) is 23.7 Å². The smallest absolute Gasteiger partial charge is 0.410 e. The molecule has 1 saturated heterocycles. The summed E-state index contributed by atoms with van der Waals surface area (Å²) in [5, 5.41) is 11.3. The minimum absolute atomic E-state index is 0.296. The number of aliphatic hydroxyl groups is 1. The lowest BCUT2D eigenvalue weighted by Crippen LogP contribution is -2.40. The molecule has 0 bridgehead atoms. The second-order valence-electron chi connectivity index (χ2n) is 6.68. The van der Waals surface area contributed by atoms with Crippen LogP contribution in [0.25, 0.3) is 0 Å². The van der Waals surface area contributed by atoms with Crippen molar-refractivity contribution >= 4 is 17.7 Å². The van der Waals surface area contributed by atoms with Crippen molar-refractivity contribution in [3.05, 3.63) is 34.9 Å². The average Bonchev–Trinajstić information content (AvgIpc) is 2.73. The molecule has 4 nitrogen and oxygen atoms in total. The molecular weight excluding hydrogens is 290 g/mol. The summed E-state index contributed by atoms with van der Waals surface area (Å²) >= 11 is 5.86. The Morgan fingerprint density at radius 3 is 2.57 bits per heavy atom. The van der Waals surface area contributed by atoms with E-state index >= 15 is 0 Å². The number of hydrogen-bond acceptors (Lipinski definition) is 3. The Morgan fingerprint density at radius 2 is 2.00 bits per heavy atom. The second kappa shape index (κ2) is 5.85. The van der Waals surface area contributed by atoms with Crippen molar-refractivity contribution in [1.82, 2.24) is 4.90 Å². The number of nitrogens with zero attached hydrogens (tertiary/aromatic N) is 1. The van der Waals surface area contributed by atoms with E-state index in [9.17, 15) is 9.90 Å². The van der Waals surface area contributed by atoms with E-state index in [2.05, 4.69) is 0 Å². The van der Waals surface area contributed by atoms with E-state index in [4.69, 9.17) is 16.3 Å². The molecule has 21 heavy (non-hydrogen) atoms. The zero-order valence-electron chi connectivity index (χ0n) is 12.7. The van der Waals surface area contributed by atoms with Crippen molar-refractivity contribution in [2.75, 3.05) is 13.1 Å². The molecule has 1 unspecified atom stereocenters. The van der Waals surface area contributed by atoms with E-state index in [0.717, 1.165) is 5.56 Å². The van der Waals surface area contributed by atoms with Gasteiger partial charge in [0, 0.05) is 18.0 Å². The van der Waals surface area contributed by atoms with Crippen LogP contribution in [0, 0.1) is 0 Å². The van der Waals surface area contributed by atoms with Gasteiger partial charge in [-0.15, -0.1) is 0 Å². The van der Waals surface area contributed by atoms with Gasteiger partial charge in [-0.3, -0.25) is 0 Å². The number of halogens is 1. The van der Waals surface area contributed by atoms with Crippen LogP contribution in [0.2, 0.25) is 5.02 Å². The van der Waals surface area contributed by atoms with Crippen LogP contribution in [0.5, 0.6) is 0 Å². The van der Waals surface area contributed by atoms with Crippen LogP contribution in [-0.2, 0) is 11.2 Å². The average molecular weight is 312 g/mol. The van der Waals surface area contributed by atoms with Crippen LogP contribution in [0.4, 0.5) is 4.79 Å². The Morgan fingerprint density at radius 1 is 1.38 bits per heavy atom. The number of carbonyl (C=O) groups is 1. The summed E-state index contributed by atoms with van der Waals surface area (Å²) in [5.41, 5.74) is -0.411. The van der Waals surface area contributed by atoms with Crippen molar-refractivity contribution in [2.45, 2.75) is 44.8 Å². The van der Waals surface area contributed by atoms with Crippen molar-refractivity contribution in [1.29, 1.82) is 0 Å². The fourth-order valence-electron chi connectivity index (χ4n) is 2.47. The number of rotatable bonds is 2. The van der Waals surface area contributed by atoms with E-state index < -0.39 is 11.2 Å². The van der Waals surface area contributed by atoms with Crippen molar-refractivity contribution < 1.29 is 14.6 Å². The maximum absolute atomic E-state index is 12.0. The number of amides is 1. The highest BCUT2D eigenvalue weighted by Crippen LogP contribution is 2.27. The molecule has 2 rings (SSSR count). The lowest BCUT2D eigenvalue weighted by molar-refractivity contribution is 0.0153. The van der Waals surface area contributed by atoms with E-state index in [0.29, 0.717) is 31.0 Å². The van der Waals surface area contributed by atoms with Crippen LogP contribution in [-0.4, -0.2) is 40.4 Å². The quantitative estimate of drug-likeness (QED) is 0.912. The molecule has 1 aliphatic heterocycles. The third-order valence-corrected chi connectivity index (χ3v) is 3.68. The molecule has 1 N–H and O–H groups in total. The summed E-state index contributed by atoms with van der Waals surface area (Å²) in [4.78, 5) is 13.6. The van der Waals surface area contributed by atoms with Gasteiger partial charge in [0.25, 0.3) is 0 Å². The Kier molecular flexibility index (Phi) is 4.49. The van der Waals surface area contributed by atoms with Crippen LogP contribution < -0.4 is 0 Å². The van der Waals surface area contributed by atoms with E-state index in [-0.39, 0.29) is 6.09 Å². The van der Waals surface area contributed by atoms with Gasteiger partial charge in [0.15, 0.2) is 0 Å². The molecule has 1 aromatic rings. The molecule has 1 atom stereocenters. The van der Waals surface area contributed by atoms with Crippen LogP contribution >= 0.6 is 11.6 Å². The highest BCUT2D eigenvalue weighted by molar-refractivity contribution is 6.30. The molecule has 0 aromatic heterocycles. The number of carbonyl (C=O) groups excluding carboxylic acids is 1. The molecule has 1 aliphatic rings. The van der Waals surface area contributed by atoms with Gasteiger partial charge in [-0.2, -0.15) is 0 Å². The summed E-state index contributed by atoms with van der Waals surface area (Å²) < 4.78 is 5.34. The Labute approximate surface area is 130 Å². The van der Waals surface area contributed by atoms with Gasteiger partial charge in [0.05, 0.1) is 12.1 Å². The molecule has 1 fully saturated rings. The van der Waals surface area contributed by atoms with Crippen molar-refractivity contribution in [2.24, 2.45) is 0 Å². The zero-order chi connectivity index (χ0) is 15.7. The molecule has 0 aliphatic carbocycles.